The zero-order valence-corrected chi connectivity index (χ0v) is 8.18. The van der Waals surface area contributed by atoms with E-state index in [1.165, 1.54) is 0 Å². The third-order valence-corrected chi connectivity index (χ3v) is 2.61. The summed E-state index contributed by atoms with van der Waals surface area (Å²) in [5.74, 6) is 0. The van der Waals surface area contributed by atoms with Crippen LogP contribution in [0.25, 0.3) is 0 Å². The summed E-state index contributed by atoms with van der Waals surface area (Å²) in [6.07, 6.45) is 3.45. The Morgan fingerprint density at radius 1 is 1.36 bits per heavy atom. The lowest BCUT2D eigenvalue weighted by atomic mass is 9.88. The molecule has 0 aliphatic carbocycles. The van der Waals surface area contributed by atoms with E-state index in [1.54, 1.807) is 12.3 Å². The van der Waals surface area contributed by atoms with Crippen molar-refractivity contribution in [2.45, 2.75) is 25.0 Å². The van der Waals surface area contributed by atoms with Gasteiger partial charge in [0.25, 0.3) is 0 Å². The highest BCUT2D eigenvalue weighted by molar-refractivity contribution is 5.23. The molecule has 2 rings (SSSR count). The van der Waals surface area contributed by atoms with E-state index in [-0.39, 0.29) is 0 Å². The lowest BCUT2D eigenvalue weighted by molar-refractivity contribution is -0.0200. The van der Waals surface area contributed by atoms with Crippen LogP contribution in [0.2, 0.25) is 0 Å². The van der Waals surface area contributed by atoms with Crippen LogP contribution >= 0.6 is 0 Å². The van der Waals surface area contributed by atoms with Gasteiger partial charge in [-0.3, -0.25) is 0 Å². The minimum Gasteiger partial charge on any atom is -0.491 e. The van der Waals surface area contributed by atoms with E-state index in [0.29, 0.717) is 6.42 Å². The summed E-state index contributed by atoms with van der Waals surface area (Å²) in [7, 11) is 0. The molecule has 1 unspecified atom stereocenters. The van der Waals surface area contributed by atoms with Crippen LogP contribution in [0.4, 0.5) is 0 Å². The third kappa shape index (κ3) is 1.66. The van der Waals surface area contributed by atoms with Crippen LogP contribution in [0.15, 0.2) is 42.7 Å². The molecule has 1 aromatic rings. The second kappa shape index (κ2) is 3.46. The minimum atomic E-state index is -0.408. The molecule has 14 heavy (non-hydrogen) atoms. The van der Waals surface area contributed by atoms with Gasteiger partial charge in [-0.05, 0) is 18.6 Å². The van der Waals surface area contributed by atoms with Gasteiger partial charge in [-0.25, -0.2) is 0 Å². The Bertz CT molecular complexity index is 331. The number of aliphatic hydroxyl groups excluding tert-OH is 1. The van der Waals surface area contributed by atoms with Crippen molar-refractivity contribution in [2.24, 2.45) is 0 Å². The van der Waals surface area contributed by atoms with Crippen molar-refractivity contribution in [3.8, 4) is 0 Å². The molecule has 0 amide bonds. The average molecular weight is 190 g/mol. The number of hydrogen-bond donors (Lipinski definition) is 1. The van der Waals surface area contributed by atoms with E-state index in [9.17, 15) is 5.11 Å². The quantitative estimate of drug-likeness (QED) is 0.735. The summed E-state index contributed by atoms with van der Waals surface area (Å²) < 4.78 is 5.58. The number of aliphatic hydroxyl groups is 1. The lowest BCUT2D eigenvalue weighted by Gasteiger charge is -2.33. The fourth-order valence-corrected chi connectivity index (χ4v) is 1.77. The first-order valence-corrected chi connectivity index (χ1v) is 4.79. The second-order valence-electron chi connectivity index (χ2n) is 3.81. The zero-order valence-electron chi connectivity index (χ0n) is 8.18. The molecule has 0 bridgehead atoms. The average Bonchev–Trinajstić information content (AvgIpc) is 2.19. The monoisotopic (exact) mass is 190 g/mol. The molecule has 1 aliphatic rings. The highest BCUT2D eigenvalue weighted by Gasteiger charge is 2.32. The molecule has 0 radical (unpaired) electrons. The molecule has 1 aliphatic heterocycles. The number of benzene rings is 1. The molecular weight excluding hydrogens is 176 g/mol. The summed E-state index contributed by atoms with van der Waals surface area (Å²) in [4.78, 5) is 0. The van der Waals surface area contributed by atoms with Crippen LogP contribution in [-0.4, -0.2) is 11.2 Å². The molecule has 1 N–H and O–H groups in total. The van der Waals surface area contributed by atoms with E-state index in [4.69, 9.17) is 4.74 Å². The fraction of sp³-hybridized carbons (Fsp3) is 0.333. The highest BCUT2D eigenvalue weighted by Crippen LogP contribution is 2.33. The van der Waals surface area contributed by atoms with Crippen LogP contribution in [0.1, 0.15) is 18.9 Å². The zero-order chi connectivity index (χ0) is 10.0. The fourth-order valence-electron chi connectivity index (χ4n) is 1.77. The number of rotatable bonds is 1. The Kier molecular flexibility index (Phi) is 2.30. The molecule has 2 nitrogen and oxygen atoms in total. The van der Waals surface area contributed by atoms with Crippen molar-refractivity contribution >= 4 is 0 Å². The van der Waals surface area contributed by atoms with Gasteiger partial charge in [0.1, 0.15) is 5.60 Å². The predicted octanol–water partition coefficient (Wildman–Crippen LogP) is 2.20. The van der Waals surface area contributed by atoms with Gasteiger partial charge in [-0.15, -0.1) is 0 Å². The number of hydrogen-bond acceptors (Lipinski definition) is 2. The smallest absolute Gasteiger partial charge is 0.133 e. The Morgan fingerprint density at radius 2 is 2.07 bits per heavy atom. The maximum Gasteiger partial charge on any atom is 0.133 e. The SMILES string of the molecule is C[C@]1(c2ccccc2)CC(O)C=CO1. The molecule has 1 heterocycles. The Labute approximate surface area is 83.8 Å². The third-order valence-electron chi connectivity index (χ3n) is 2.61. The summed E-state index contributed by atoms with van der Waals surface area (Å²) >= 11 is 0. The molecule has 0 spiro atoms. The van der Waals surface area contributed by atoms with Gasteiger partial charge in [-0.2, -0.15) is 0 Å². The molecule has 1 aromatic carbocycles. The van der Waals surface area contributed by atoms with Crippen molar-refractivity contribution in [3.05, 3.63) is 48.2 Å². The Balaban J connectivity index is 2.29. The van der Waals surface area contributed by atoms with Gasteiger partial charge in [0.05, 0.1) is 12.4 Å². The lowest BCUT2D eigenvalue weighted by Crippen LogP contribution is -2.31. The van der Waals surface area contributed by atoms with E-state index in [2.05, 4.69) is 0 Å². The minimum absolute atomic E-state index is 0.393. The van der Waals surface area contributed by atoms with E-state index >= 15 is 0 Å². The van der Waals surface area contributed by atoms with Gasteiger partial charge in [0, 0.05) is 6.42 Å². The van der Waals surface area contributed by atoms with Gasteiger partial charge < -0.3 is 9.84 Å². The van der Waals surface area contributed by atoms with E-state index < -0.39 is 11.7 Å². The molecule has 2 atom stereocenters. The Hall–Kier alpha value is -1.28. The van der Waals surface area contributed by atoms with E-state index in [0.717, 1.165) is 5.56 Å². The first-order chi connectivity index (χ1) is 6.71. The van der Waals surface area contributed by atoms with Crippen molar-refractivity contribution in [2.75, 3.05) is 0 Å². The maximum absolute atomic E-state index is 9.54. The normalized spacial score (nSPS) is 31.1. The summed E-state index contributed by atoms with van der Waals surface area (Å²) in [6, 6.07) is 9.98. The van der Waals surface area contributed by atoms with Crippen LogP contribution in [-0.2, 0) is 10.3 Å². The predicted molar refractivity (Wildman–Crippen MR) is 54.6 cm³/mol. The van der Waals surface area contributed by atoms with Crippen LogP contribution < -0.4 is 0 Å². The molecular formula is C12H14O2. The summed E-state index contributed by atoms with van der Waals surface area (Å²) in [6.45, 7) is 2.00. The van der Waals surface area contributed by atoms with Crippen molar-refractivity contribution in [1.82, 2.24) is 0 Å². The first-order valence-electron chi connectivity index (χ1n) is 4.79. The van der Waals surface area contributed by atoms with Gasteiger partial charge in [0.2, 0.25) is 0 Å². The second-order valence-corrected chi connectivity index (χ2v) is 3.81. The maximum atomic E-state index is 9.54. The molecule has 0 aromatic heterocycles. The van der Waals surface area contributed by atoms with Crippen molar-refractivity contribution in [1.29, 1.82) is 0 Å². The Morgan fingerprint density at radius 3 is 2.71 bits per heavy atom. The molecule has 0 saturated carbocycles. The largest absolute Gasteiger partial charge is 0.491 e. The van der Waals surface area contributed by atoms with Gasteiger partial charge >= 0.3 is 0 Å². The van der Waals surface area contributed by atoms with Gasteiger partial charge in [0.15, 0.2) is 0 Å². The molecule has 0 saturated heterocycles. The van der Waals surface area contributed by atoms with Gasteiger partial charge in [-0.1, -0.05) is 30.3 Å². The standard InChI is InChI=1S/C12H14O2/c1-12(9-11(13)7-8-14-12)10-5-3-2-4-6-10/h2-8,11,13H,9H2,1H3/t11?,12-/m1/s1. The van der Waals surface area contributed by atoms with Crippen LogP contribution in [0.5, 0.6) is 0 Å². The molecule has 0 fully saturated rings. The van der Waals surface area contributed by atoms with Crippen molar-refractivity contribution in [3.63, 3.8) is 0 Å². The number of ether oxygens (including phenoxy) is 1. The van der Waals surface area contributed by atoms with E-state index in [1.807, 2.05) is 37.3 Å². The first kappa shape index (κ1) is 9.28. The van der Waals surface area contributed by atoms with Crippen LogP contribution in [0, 0.1) is 0 Å². The summed E-state index contributed by atoms with van der Waals surface area (Å²) in [5, 5.41) is 9.54. The highest BCUT2D eigenvalue weighted by atomic mass is 16.5. The topological polar surface area (TPSA) is 29.5 Å². The van der Waals surface area contributed by atoms with Crippen LogP contribution in [0.3, 0.4) is 0 Å². The van der Waals surface area contributed by atoms with Crippen molar-refractivity contribution < 1.29 is 9.84 Å². The summed E-state index contributed by atoms with van der Waals surface area (Å²) in [5.41, 5.74) is 0.707. The molecule has 74 valence electrons. The molecule has 2 heteroatoms.